The molecule has 0 aliphatic heterocycles. The van der Waals surface area contributed by atoms with Crippen LogP contribution in [0.2, 0.25) is 10.0 Å². The molecule has 0 radical (unpaired) electrons. The van der Waals surface area contributed by atoms with Crippen LogP contribution in [-0.2, 0) is 0 Å². The Bertz CT molecular complexity index is 1060. The summed E-state index contributed by atoms with van der Waals surface area (Å²) in [5, 5.41) is 6.48. The van der Waals surface area contributed by atoms with E-state index in [4.69, 9.17) is 23.2 Å². The molecule has 0 N–H and O–H groups in total. The van der Waals surface area contributed by atoms with E-state index in [9.17, 15) is 8.78 Å². The molecule has 4 rings (SSSR count). The fourth-order valence-corrected chi connectivity index (χ4v) is 3.61. The number of fused-ring (bicyclic) bond motifs is 1. The molecule has 120 valence electrons. The number of benzene rings is 2. The lowest BCUT2D eigenvalue weighted by Gasteiger charge is -2.02. The van der Waals surface area contributed by atoms with E-state index in [1.165, 1.54) is 35.6 Å². The van der Waals surface area contributed by atoms with Gasteiger partial charge in [-0.2, -0.15) is 4.98 Å². The molecule has 0 saturated heterocycles. The van der Waals surface area contributed by atoms with E-state index in [1.54, 1.807) is 16.6 Å². The van der Waals surface area contributed by atoms with Gasteiger partial charge in [-0.3, -0.25) is 0 Å². The van der Waals surface area contributed by atoms with Crippen LogP contribution in [0.1, 0.15) is 0 Å². The predicted octanol–water partition coefficient (Wildman–Crippen LogP) is 5.71. The van der Waals surface area contributed by atoms with Crippen LogP contribution >= 0.6 is 34.5 Å². The van der Waals surface area contributed by atoms with Gasteiger partial charge in [0.25, 0.3) is 0 Å². The Hall–Kier alpha value is -2.02. The van der Waals surface area contributed by atoms with Crippen molar-refractivity contribution in [3.8, 4) is 22.6 Å². The molecule has 0 aliphatic carbocycles. The van der Waals surface area contributed by atoms with Gasteiger partial charge in [0, 0.05) is 16.5 Å². The molecule has 0 spiro atoms. The summed E-state index contributed by atoms with van der Waals surface area (Å²) >= 11 is 13.2. The van der Waals surface area contributed by atoms with Crippen molar-refractivity contribution in [1.29, 1.82) is 0 Å². The smallest absolute Gasteiger partial charge is 0.207 e. The molecular formula is C16H7Cl2F2N3S. The zero-order valence-corrected chi connectivity index (χ0v) is 14.1. The Balaban J connectivity index is 1.86. The second kappa shape index (κ2) is 5.81. The maximum atomic E-state index is 13.7. The van der Waals surface area contributed by atoms with Gasteiger partial charge < -0.3 is 0 Å². The van der Waals surface area contributed by atoms with Gasteiger partial charge >= 0.3 is 0 Å². The first-order chi connectivity index (χ1) is 11.5. The molecule has 0 amide bonds. The van der Waals surface area contributed by atoms with Crippen molar-refractivity contribution in [2.45, 2.75) is 0 Å². The maximum absolute atomic E-state index is 13.7. The zero-order valence-electron chi connectivity index (χ0n) is 11.8. The zero-order chi connectivity index (χ0) is 16.8. The number of nitrogens with zero attached hydrogens (tertiary/aromatic N) is 3. The second-order valence-corrected chi connectivity index (χ2v) is 6.65. The van der Waals surface area contributed by atoms with Crippen molar-refractivity contribution in [3.63, 3.8) is 0 Å². The Morgan fingerprint density at radius 3 is 2.50 bits per heavy atom. The van der Waals surface area contributed by atoms with Gasteiger partial charge in [-0.15, -0.1) is 16.4 Å². The molecule has 0 aliphatic rings. The third-order valence-corrected chi connectivity index (χ3v) is 4.89. The largest absolute Gasteiger partial charge is 0.213 e. The molecule has 0 saturated carbocycles. The lowest BCUT2D eigenvalue weighted by Crippen LogP contribution is -1.90. The maximum Gasteiger partial charge on any atom is 0.213 e. The second-order valence-electron chi connectivity index (χ2n) is 5.00. The van der Waals surface area contributed by atoms with E-state index < -0.39 is 5.82 Å². The number of halogens is 4. The van der Waals surface area contributed by atoms with Gasteiger partial charge in [-0.25, -0.2) is 13.3 Å². The standard InChI is InChI=1S/C16H7Cl2F2N3S/c17-11-6-12(18)13(20)5-10(11)15-21-16-23(22-15)14(7-24-16)8-1-3-9(19)4-2-8/h1-7H. The lowest BCUT2D eigenvalue weighted by molar-refractivity contribution is 0.628. The highest BCUT2D eigenvalue weighted by Gasteiger charge is 2.16. The van der Waals surface area contributed by atoms with Gasteiger partial charge in [0.1, 0.15) is 11.6 Å². The normalized spacial score (nSPS) is 11.3. The highest BCUT2D eigenvalue weighted by atomic mass is 35.5. The molecule has 0 fully saturated rings. The van der Waals surface area contributed by atoms with Crippen molar-refractivity contribution in [2.75, 3.05) is 0 Å². The summed E-state index contributed by atoms with van der Waals surface area (Å²) in [5.74, 6) is -0.605. The molecule has 24 heavy (non-hydrogen) atoms. The molecule has 0 atom stereocenters. The average Bonchev–Trinajstić information content (AvgIpc) is 3.12. The minimum Gasteiger partial charge on any atom is -0.207 e. The predicted molar refractivity (Wildman–Crippen MR) is 91.7 cm³/mol. The lowest BCUT2D eigenvalue weighted by atomic mass is 10.2. The van der Waals surface area contributed by atoms with E-state index in [0.717, 1.165) is 11.3 Å². The minimum absolute atomic E-state index is 0.0585. The van der Waals surface area contributed by atoms with Gasteiger partial charge in [-0.1, -0.05) is 23.2 Å². The summed E-state index contributed by atoms with van der Waals surface area (Å²) in [4.78, 5) is 5.00. The highest BCUT2D eigenvalue weighted by Crippen LogP contribution is 2.33. The SMILES string of the molecule is Fc1ccc(-c2csc3nc(-c4cc(F)c(Cl)cc4Cl)nn23)cc1. The Labute approximate surface area is 149 Å². The van der Waals surface area contributed by atoms with E-state index in [1.807, 2.05) is 5.38 Å². The Morgan fingerprint density at radius 2 is 1.75 bits per heavy atom. The molecule has 0 bridgehead atoms. The molecule has 2 aromatic carbocycles. The van der Waals surface area contributed by atoms with Crippen LogP contribution in [0, 0.1) is 11.6 Å². The van der Waals surface area contributed by atoms with Gasteiger partial charge in [0.05, 0.1) is 15.7 Å². The van der Waals surface area contributed by atoms with Crippen LogP contribution in [0.15, 0.2) is 41.8 Å². The molecule has 4 aromatic rings. The first kappa shape index (κ1) is 15.5. The minimum atomic E-state index is -0.590. The third-order valence-electron chi connectivity index (χ3n) is 3.47. The molecule has 0 unspecified atom stereocenters. The number of hydrogen-bond acceptors (Lipinski definition) is 3. The van der Waals surface area contributed by atoms with E-state index in [-0.39, 0.29) is 15.9 Å². The number of aromatic nitrogens is 3. The molecule has 8 heteroatoms. The summed E-state index contributed by atoms with van der Waals surface area (Å²) in [5.41, 5.74) is 1.92. The topological polar surface area (TPSA) is 30.2 Å². The van der Waals surface area contributed by atoms with Crippen molar-refractivity contribution in [2.24, 2.45) is 0 Å². The number of hydrogen-bond donors (Lipinski definition) is 0. The quantitative estimate of drug-likeness (QED) is 0.416. The first-order valence-corrected chi connectivity index (χ1v) is 8.41. The molecule has 2 heterocycles. The van der Waals surface area contributed by atoms with Crippen LogP contribution in [0.3, 0.4) is 0 Å². The molecule has 3 nitrogen and oxygen atoms in total. The Morgan fingerprint density at radius 1 is 1.00 bits per heavy atom. The fourth-order valence-electron chi connectivity index (χ4n) is 2.31. The van der Waals surface area contributed by atoms with E-state index >= 15 is 0 Å². The van der Waals surface area contributed by atoms with Crippen molar-refractivity contribution >= 4 is 39.5 Å². The van der Waals surface area contributed by atoms with Crippen LogP contribution in [0.25, 0.3) is 27.6 Å². The fraction of sp³-hybridized carbons (Fsp3) is 0. The molecular weight excluding hydrogens is 375 g/mol. The van der Waals surface area contributed by atoms with E-state index in [0.29, 0.717) is 16.3 Å². The van der Waals surface area contributed by atoms with Crippen LogP contribution < -0.4 is 0 Å². The average molecular weight is 382 g/mol. The van der Waals surface area contributed by atoms with Gasteiger partial charge in [-0.05, 0) is 36.4 Å². The van der Waals surface area contributed by atoms with Gasteiger partial charge in [0.2, 0.25) is 4.96 Å². The summed E-state index contributed by atoms with van der Waals surface area (Å²) in [6.45, 7) is 0. The highest BCUT2D eigenvalue weighted by molar-refractivity contribution is 7.15. The van der Waals surface area contributed by atoms with Crippen LogP contribution in [0.4, 0.5) is 8.78 Å². The van der Waals surface area contributed by atoms with Crippen LogP contribution in [-0.4, -0.2) is 14.6 Å². The first-order valence-electron chi connectivity index (χ1n) is 6.78. The van der Waals surface area contributed by atoms with Gasteiger partial charge in [0.15, 0.2) is 5.82 Å². The molecule has 2 aromatic heterocycles. The number of thiazole rings is 1. The summed E-state index contributed by atoms with van der Waals surface area (Å²) in [6.07, 6.45) is 0. The van der Waals surface area contributed by atoms with Crippen molar-refractivity contribution in [1.82, 2.24) is 14.6 Å². The summed E-state index contributed by atoms with van der Waals surface area (Å²) < 4.78 is 28.4. The van der Waals surface area contributed by atoms with Crippen molar-refractivity contribution in [3.05, 3.63) is 63.5 Å². The Kier molecular flexibility index (Phi) is 3.75. The van der Waals surface area contributed by atoms with Crippen LogP contribution in [0.5, 0.6) is 0 Å². The monoisotopic (exact) mass is 381 g/mol. The number of rotatable bonds is 2. The van der Waals surface area contributed by atoms with E-state index in [2.05, 4.69) is 10.1 Å². The summed E-state index contributed by atoms with van der Waals surface area (Å²) in [7, 11) is 0. The summed E-state index contributed by atoms with van der Waals surface area (Å²) in [6, 6.07) is 8.61. The third kappa shape index (κ3) is 2.56. The van der Waals surface area contributed by atoms with Crippen molar-refractivity contribution < 1.29 is 8.78 Å².